The van der Waals surface area contributed by atoms with Gasteiger partial charge in [-0.15, -0.1) is 0 Å². The molecule has 14 heteroatoms. The van der Waals surface area contributed by atoms with Crippen LogP contribution in [0.2, 0.25) is 0 Å². The zero-order chi connectivity index (χ0) is 61.5. The molecule has 0 aromatic rings. The molecule has 2 fully saturated rings. The number of aliphatic hydroxyl groups is 7. The Balaban J connectivity index is 1.65. The van der Waals surface area contributed by atoms with Gasteiger partial charge in [-0.1, -0.05) is 254 Å². The molecule has 2 aliphatic heterocycles. The molecule has 14 nitrogen and oxygen atoms in total. The van der Waals surface area contributed by atoms with Crippen LogP contribution in [0.5, 0.6) is 0 Å². The molecule has 7 N–H and O–H groups in total. The fourth-order valence-electron chi connectivity index (χ4n) is 10.7. The molecule has 2 rings (SSSR count). The van der Waals surface area contributed by atoms with E-state index in [1.165, 1.54) is 167 Å². The Morgan fingerprint density at radius 3 is 1.21 bits per heavy atom. The van der Waals surface area contributed by atoms with E-state index >= 15 is 0 Å². The molecule has 0 aliphatic carbocycles. The van der Waals surface area contributed by atoms with E-state index in [0.717, 1.165) is 77.0 Å². The maximum Gasteiger partial charge on any atom is 0.306 e. The predicted molar refractivity (Wildman–Crippen MR) is 344 cm³/mol. The van der Waals surface area contributed by atoms with Crippen molar-refractivity contribution in [2.45, 2.75) is 338 Å². The summed E-state index contributed by atoms with van der Waals surface area (Å²) < 4.78 is 34.6. The van der Waals surface area contributed by atoms with Gasteiger partial charge in [-0.25, -0.2) is 0 Å². The van der Waals surface area contributed by atoms with Gasteiger partial charge >= 0.3 is 5.97 Å². The summed E-state index contributed by atoms with van der Waals surface area (Å²) in [6.07, 6.45) is 58.3. The Morgan fingerprint density at radius 2 is 0.765 bits per heavy atom. The lowest BCUT2D eigenvalue weighted by atomic mass is 9.98. The monoisotopic (exact) mass is 1200 g/mol. The number of carbonyl (C=O) groups is 1. The van der Waals surface area contributed by atoms with Gasteiger partial charge in [-0.3, -0.25) is 4.79 Å². The van der Waals surface area contributed by atoms with Crippen LogP contribution in [0.1, 0.15) is 271 Å². The number of ether oxygens (including phenoxy) is 6. The normalized spacial score (nSPS) is 23.6. The minimum Gasteiger partial charge on any atom is -0.457 e. The van der Waals surface area contributed by atoms with E-state index in [1.54, 1.807) is 0 Å². The fraction of sp³-hybridized carbons (Fsp3) is 0.817. The number of carbonyl (C=O) groups excluding carboxylic acids is 1. The lowest BCUT2D eigenvalue weighted by molar-refractivity contribution is -0.332. The highest BCUT2D eigenvalue weighted by Gasteiger charge is 2.47. The van der Waals surface area contributed by atoms with Crippen LogP contribution in [0.3, 0.4) is 0 Å². The Kier molecular flexibility index (Phi) is 52.3. The van der Waals surface area contributed by atoms with E-state index in [1.807, 2.05) is 0 Å². The lowest BCUT2D eigenvalue weighted by Gasteiger charge is -2.42. The van der Waals surface area contributed by atoms with Crippen LogP contribution >= 0.6 is 0 Å². The highest BCUT2D eigenvalue weighted by Crippen LogP contribution is 2.27. The second-order valence-electron chi connectivity index (χ2n) is 24.0. The molecule has 85 heavy (non-hydrogen) atoms. The zero-order valence-corrected chi connectivity index (χ0v) is 53.6. The van der Waals surface area contributed by atoms with Crippen molar-refractivity contribution >= 4 is 5.97 Å². The van der Waals surface area contributed by atoms with E-state index in [4.69, 9.17) is 28.4 Å². The minimum absolute atomic E-state index is 0.0580. The molecule has 2 saturated heterocycles. The average Bonchev–Trinajstić information content (AvgIpc) is 3.68. The molecule has 0 bridgehead atoms. The molecule has 0 saturated carbocycles. The summed E-state index contributed by atoms with van der Waals surface area (Å²) in [4.78, 5) is 13.2. The van der Waals surface area contributed by atoms with E-state index < -0.39 is 80.7 Å². The van der Waals surface area contributed by atoms with Gasteiger partial charge in [0.1, 0.15) is 54.9 Å². The first-order valence-electron chi connectivity index (χ1n) is 34.5. The number of aliphatic hydroxyl groups excluding tert-OH is 7. The van der Waals surface area contributed by atoms with Crippen LogP contribution in [0.4, 0.5) is 0 Å². The molecule has 0 radical (unpaired) electrons. The molecule has 0 aromatic carbocycles. The van der Waals surface area contributed by atoms with Gasteiger partial charge in [-0.2, -0.15) is 0 Å². The second-order valence-corrected chi connectivity index (χ2v) is 24.0. The van der Waals surface area contributed by atoms with Crippen molar-refractivity contribution in [2.24, 2.45) is 0 Å². The van der Waals surface area contributed by atoms with Gasteiger partial charge in [0.15, 0.2) is 12.6 Å². The number of rotatable bonds is 57. The first kappa shape index (κ1) is 78.5. The highest BCUT2D eigenvalue weighted by molar-refractivity contribution is 5.69. The van der Waals surface area contributed by atoms with Crippen molar-refractivity contribution < 1.29 is 69.0 Å². The van der Waals surface area contributed by atoms with Crippen LogP contribution in [0, 0.1) is 0 Å². The number of hydrogen-bond donors (Lipinski definition) is 7. The van der Waals surface area contributed by atoms with E-state index in [-0.39, 0.29) is 25.6 Å². The standard InChI is InChI=1S/C71H126O14/c1-3-5-7-9-11-13-15-17-19-21-23-25-27-29-31-33-35-37-39-41-43-45-47-49-51-53-55-80-57-60(58-81-70-69(79)67(77)65(75)62(85-70)59-82-71-68(78)66(76)64(74)61(56-72)84-71)83-63(73)54-52-50-48-46-44-42-40-38-36-34-32-30-28-26-24-22-20-18-16-14-12-10-8-6-4-2/h6,8,12,14,18,20-21,23-24,26,30,32,60-62,64-72,74-79H,3-5,7,9-11,13,15-17,19,22,25,27-29,31,33-59H2,1-2H3/b8-6-,14-12-,20-18-,23-21-,26-24-,32-30-. The highest BCUT2D eigenvalue weighted by atomic mass is 16.7. The molecule has 2 aliphatic rings. The largest absolute Gasteiger partial charge is 0.457 e. The molecular weight excluding hydrogens is 1080 g/mol. The molecule has 2 heterocycles. The first-order chi connectivity index (χ1) is 41.6. The van der Waals surface area contributed by atoms with Crippen LogP contribution in [-0.4, -0.2) is 142 Å². The Hall–Kier alpha value is -2.57. The van der Waals surface area contributed by atoms with Crippen LogP contribution in [-0.2, 0) is 33.2 Å². The van der Waals surface area contributed by atoms with Gasteiger partial charge in [0.05, 0.1) is 26.4 Å². The van der Waals surface area contributed by atoms with E-state index in [0.29, 0.717) is 13.0 Å². The summed E-state index contributed by atoms with van der Waals surface area (Å²) in [6, 6.07) is 0. The van der Waals surface area contributed by atoms with Crippen molar-refractivity contribution in [3.8, 4) is 0 Å². The summed E-state index contributed by atoms with van der Waals surface area (Å²) in [5.41, 5.74) is 0. The third-order valence-electron chi connectivity index (χ3n) is 16.2. The van der Waals surface area contributed by atoms with Crippen molar-refractivity contribution in [3.05, 3.63) is 72.9 Å². The predicted octanol–water partition coefficient (Wildman–Crippen LogP) is 14.5. The summed E-state index contributed by atoms with van der Waals surface area (Å²) in [5, 5.41) is 72.6. The first-order valence-corrected chi connectivity index (χ1v) is 34.5. The third-order valence-corrected chi connectivity index (χ3v) is 16.2. The maximum absolute atomic E-state index is 13.2. The summed E-state index contributed by atoms with van der Waals surface area (Å²) >= 11 is 0. The van der Waals surface area contributed by atoms with Gasteiger partial charge < -0.3 is 64.2 Å². The Labute approximate surface area is 517 Å². The van der Waals surface area contributed by atoms with Crippen molar-refractivity contribution in [1.82, 2.24) is 0 Å². The Bertz CT molecular complexity index is 1680. The maximum atomic E-state index is 13.2. The number of allylic oxidation sites excluding steroid dienone is 12. The third kappa shape index (κ3) is 42.1. The van der Waals surface area contributed by atoms with Crippen LogP contribution in [0.25, 0.3) is 0 Å². The van der Waals surface area contributed by atoms with Crippen molar-refractivity contribution in [3.63, 3.8) is 0 Å². The second kappa shape index (κ2) is 56.6. The lowest BCUT2D eigenvalue weighted by Crippen LogP contribution is -2.61. The molecule has 494 valence electrons. The fourth-order valence-corrected chi connectivity index (χ4v) is 10.7. The van der Waals surface area contributed by atoms with Gasteiger partial charge in [0.2, 0.25) is 0 Å². The molecule has 0 spiro atoms. The van der Waals surface area contributed by atoms with Gasteiger partial charge in [0.25, 0.3) is 0 Å². The SMILES string of the molecule is CC/C=C\C/C=C\C/C=C\C/C=C\C/C=C\CCCCCCCCCCCC(=O)OC(COCCCCCCCCCCCCCCCC/C=C\CCCCCCCCCC)COC1OC(COC2OC(CO)C(O)C(O)C2O)C(O)C(O)C1O. The minimum atomic E-state index is -1.71. The van der Waals surface area contributed by atoms with Gasteiger partial charge in [-0.05, 0) is 83.5 Å². The molecular formula is C71H126O14. The molecule has 0 aromatic heterocycles. The van der Waals surface area contributed by atoms with Gasteiger partial charge in [0, 0.05) is 13.0 Å². The molecule has 11 atom stereocenters. The Morgan fingerprint density at radius 1 is 0.400 bits per heavy atom. The molecule has 0 amide bonds. The number of unbranched alkanes of at least 4 members (excludes halogenated alkanes) is 31. The summed E-state index contributed by atoms with van der Waals surface area (Å²) in [7, 11) is 0. The topological polar surface area (TPSA) is 214 Å². The quantitative estimate of drug-likeness (QED) is 0.0171. The van der Waals surface area contributed by atoms with E-state index in [2.05, 4.69) is 86.8 Å². The zero-order valence-electron chi connectivity index (χ0n) is 53.6. The van der Waals surface area contributed by atoms with Crippen LogP contribution in [0.15, 0.2) is 72.9 Å². The molecule has 11 unspecified atom stereocenters. The summed E-state index contributed by atoms with van der Waals surface area (Å²) in [5.74, 6) is -0.380. The summed E-state index contributed by atoms with van der Waals surface area (Å²) in [6.45, 7) is 3.61. The van der Waals surface area contributed by atoms with Crippen molar-refractivity contribution in [2.75, 3.05) is 33.0 Å². The van der Waals surface area contributed by atoms with E-state index in [9.17, 15) is 40.5 Å². The van der Waals surface area contributed by atoms with Crippen molar-refractivity contribution in [1.29, 1.82) is 0 Å². The van der Waals surface area contributed by atoms with Crippen LogP contribution < -0.4 is 0 Å². The average molecular weight is 1200 g/mol. The smallest absolute Gasteiger partial charge is 0.306 e. The number of hydrogen-bond acceptors (Lipinski definition) is 14. The number of esters is 1.